The summed E-state index contributed by atoms with van der Waals surface area (Å²) in [6.07, 6.45) is 1.98. The van der Waals surface area contributed by atoms with Gasteiger partial charge in [-0.1, -0.05) is 48.5 Å². The van der Waals surface area contributed by atoms with Gasteiger partial charge >= 0.3 is 0 Å². The van der Waals surface area contributed by atoms with Gasteiger partial charge < -0.3 is 9.80 Å². The van der Waals surface area contributed by atoms with Crippen LogP contribution in [-0.4, -0.2) is 38.1 Å². The minimum Gasteiger partial charge on any atom is -0.368 e. The first-order valence-corrected chi connectivity index (χ1v) is 8.77. The van der Waals surface area contributed by atoms with E-state index in [1.54, 1.807) is 0 Å². The minimum atomic E-state index is -0.260. The van der Waals surface area contributed by atoms with Crippen molar-refractivity contribution in [3.05, 3.63) is 54.1 Å². The van der Waals surface area contributed by atoms with Crippen molar-refractivity contribution in [2.45, 2.75) is 18.3 Å². The van der Waals surface area contributed by atoms with E-state index in [1.165, 1.54) is 22.4 Å². The molecule has 0 amide bonds. The van der Waals surface area contributed by atoms with Crippen LogP contribution in [0, 0.1) is 11.3 Å². The summed E-state index contributed by atoms with van der Waals surface area (Å²) in [4.78, 5) is 4.87. The Balaban J connectivity index is 1.85. The topological polar surface area (TPSA) is 30.3 Å². The smallest absolute Gasteiger partial charge is 0.0843 e. The highest BCUT2D eigenvalue weighted by molar-refractivity contribution is 5.83. The Hall–Kier alpha value is -2.31. The van der Waals surface area contributed by atoms with E-state index in [9.17, 15) is 5.26 Å². The molecular formula is C21H23N3. The van der Waals surface area contributed by atoms with Crippen molar-refractivity contribution in [2.24, 2.45) is 0 Å². The fourth-order valence-corrected chi connectivity index (χ4v) is 3.72. The third-order valence-electron chi connectivity index (χ3n) is 5.42. The number of piperazine rings is 1. The van der Waals surface area contributed by atoms with Gasteiger partial charge in [-0.2, -0.15) is 5.26 Å². The average Bonchev–Trinajstić information content (AvgIpc) is 3.44. The molecule has 0 aromatic heterocycles. The molecule has 1 aliphatic heterocycles. The minimum absolute atomic E-state index is 0.260. The molecular weight excluding hydrogens is 294 g/mol. The maximum absolute atomic E-state index is 9.76. The predicted molar refractivity (Wildman–Crippen MR) is 98.1 cm³/mol. The second-order valence-corrected chi connectivity index (χ2v) is 7.05. The molecule has 2 aliphatic rings. The van der Waals surface area contributed by atoms with Crippen LogP contribution < -0.4 is 4.90 Å². The number of anilines is 1. The van der Waals surface area contributed by atoms with Crippen LogP contribution in [0.5, 0.6) is 0 Å². The Kier molecular flexibility index (Phi) is 3.78. The molecule has 122 valence electrons. The molecule has 0 N–H and O–H groups in total. The largest absolute Gasteiger partial charge is 0.368 e. The van der Waals surface area contributed by atoms with Gasteiger partial charge in [0.05, 0.1) is 11.5 Å². The zero-order valence-corrected chi connectivity index (χ0v) is 14.2. The van der Waals surface area contributed by atoms with Crippen LogP contribution in [0.1, 0.15) is 18.4 Å². The number of likely N-dealkylation sites (N-methyl/N-ethyl adjacent to an activating group) is 1. The molecule has 0 bridgehead atoms. The summed E-state index contributed by atoms with van der Waals surface area (Å²) in [5.41, 5.74) is 4.76. The zero-order chi connectivity index (χ0) is 16.6. The highest BCUT2D eigenvalue weighted by Gasteiger charge is 2.47. The fraction of sp³-hybridized carbons (Fsp3) is 0.381. The van der Waals surface area contributed by atoms with Crippen molar-refractivity contribution in [1.82, 2.24) is 4.90 Å². The number of hydrogen-bond acceptors (Lipinski definition) is 3. The van der Waals surface area contributed by atoms with E-state index in [2.05, 4.69) is 71.4 Å². The predicted octanol–water partition coefficient (Wildman–Crippen LogP) is 3.66. The van der Waals surface area contributed by atoms with Crippen LogP contribution in [0.2, 0.25) is 0 Å². The first-order chi connectivity index (χ1) is 11.7. The highest BCUT2D eigenvalue weighted by atomic mass is 15.2. The Labute approximate surface area is 144 Å². The molecule has 3 nitrogen and oxygen atoms in total. The number of nitriles is 1. The molecule has 3 heteroatoms. The van der Waals surface area contributed by atoms with Crippen LogP contribution in [0.25, 0.3) is 11.1 Å². The summed E-state index contributed by atoms with van der Waals surface area (Å²) in [6, 6.07) is 19.7. The van der Waals surface area contributed by atoms with Crippen LogP contribution in [0.15, 0.2) is 48.5 Å². The fourth-order valence-electron chi connectivity index (χ4n) is 3.72. The number of nitrogens with zero attached hydrogens (tertiary/aromatic N) is 3. The lowest BCUT2D eigenvalue weighted by Crippen LogP contribution is -2.45. The quantitative estimate of drug-likeness (QED) is 0.865. The van der Waals surface area contributed by atoms with Crippen molar-refractivity contribution in [2.75, 3.05) is 38.1 Å². The summed E-state index contributed by atoms with van der Waals surface area (Å²) in [7, 11) is 2.18. The molecule has 2 aromatic rings. The molecule has 0 spiro atoms. The molecule has 0 unspecified atom stereocenters. The van der Waals surface area contributed by atoms with Gasteiger partial charge in [-0.3, -0.25) is 0 Å². The normalized spacial score (nSPS) is 19.8. The molecule has 0 atom stereocenters. The number of benzene rings is 2. The maximum Gasteiger partial charge on any atom is 0.0843 e. The Morgan fingerprint density at radius 1 is 0.917 bits per heavy atom. The van der Waals surface area contributed by atoms with E-state index >= 15 is 0 Å². The lowest BCUT2D eigenvalue weighted by Gasteiger charge is -2.37. The van der Waals surface area contributed by atoms with Crippen LogP contribution >= 0.6 is 0 Å². The molecule has 0 radical (unpaired) electrons. The third kappa shape index (κ3) is 2.57. The van der Waals surface area contributed by atoms with Crippen LogP contribution in [-0.2, 0) is 5.41 Å². The molecule has 1 saturated carbocycles. The zero-order valence-electron chi connectivity index (χ0n) is 14.2. The molecule has 1 heterocycles. The van der Waals surface area contributed by atoms with Crippen molar-refractivity contribution < 1.29 is 0 Å². The summed E-state index contributed by atoms with van der Waals surface area (Å²) in [5, 5.41) is 9.76. The molecule has 1 saturated heterocycles. The van der Waals surface area contributed by atoms with E-state index in [1.807, 2.05) is 0 Å². The van der Waals surface area contributed by atoms with Gasteiger partial charge in [0.15, 0.2) is 0 Å². The Morgan fingerprint density at radius 2 is 1.62 bits per heavy atom. The second-order valence-electron chi connectivity index (χ2n) is 7.05. The van der Waals surface area contributed by atoms with Gasteiger partial charge in [-0.05, 0) is 31.0 Å². The van der Waals surface area contributed by atoms with Gasteiger partial charge in [0.25, 0.3) is 0 Å². The Morgan fingerprint density at radius 3 is 2.25 bits per heavy atom. The molecule has 2 fully saturated rings. The van der Waals surface area contributed by atoms with Crippen molar-refractivity contribution in [1.29, 1.82) is 5.26 Å². The van der Waals surface area contributed by atoms with Crippen molar-refractivity contribution >= 4 is 5.69 Å². The summed E-state index contributed by atoms with van der Waals surface area (Å²) in [6.45, 7) is 4.19. The molecule has 2 aromatic carbocycles. The first-order valence-electron chi connectivity index (χ1n) is 8.77. The van der Waals surface area contributed by atoms with E-state index in [0.717, 1.165) is 39.0 Å². The summed E-state index contributed by atoms with van der Waals surface area (Å²) in [5.74, 6) is 0. The van der Waals surface area contributed by atoms with E-state index in [4.69, 9.17) is 0 Å². The molecule has 1 aliphatic carbocycles. The van der Waals surface area contributed by atoms with Gasteiger partial charge in [-0.25, -0.2) is 0 Å². The van der Waals surface area contributed by atoms with E-state index in [-0.39, 0.29) is 5.41 Å². The lowest BCUT2D eigenvalue weighted by molar-refractivity contribution is 0.312. The molecule has 24 heavy (non-hydrogen) atoms. The number of para-hydroxylation sites is 1. The standard InChI is InChI=1S/C21H23N3/c1-23-12-14-24(15-13-23)20-18(17-6-3-2-4-7-17)8-5-9-19(20)21(16-22)10-11-21/h2-9H,10-15H2,1H3. The summed E-state index contributed by atoms with van der Waals surface area (Å²) >= 11 is 0. The van der Waals surface area contributed by atoms with Gasteiger partial charge in [0, 0.05) is 37.4 Å². The van der Waals surface area contributed by atoms with E-state index in [0.29, 0.717) is 0 Å². The van der Waals surface area contributed by atoms with Crippen molar-refractivity contribution in [3.63, 3.8) is 0 Å². The van der Waals surface area contributed by atoms with Crippen LogP contribution in [0.3, 0.4) is 0 Å². The molecule has 4 rings (SSSR count). The monoisotopic (exact) mass is 317 g/mol. The van der Waals surface area contributed by atoms with Crippen LogP contribution in [0.4, 0.5) is 5.69 Å². The van der Waals surface area contributed by atoms with Gasteiger partial charge in [0.2, 0.25) is 0 Å². The second kappa shape index (κ2) is 5.96. The average molecular weight is 317 g/mol. The Bertz CT molecular complexity index is 763. The third-order valence-corrected chi connectivity index (χ3v) is 5.42. The number of rotatable bonds is 3. The van der Waals surface area contributed by atoms with Gasteiger partial charge in [-0.15, -0.1) is 0 Å². The SMILES string of the molecule is CN1CCN(c2c(-c3ccccc3)cccc2C2(C#N)CC2)CC1. The lowest BCUT2D eigenvalue weighted by atomic mass is 9.90. The highest BCUT2D eigenvalue weighted by Crippen LogP contribution is 2.52. The first kappa shape index (κ1) is 15.2. The number of hydrogen-bond donors (Lipinski definition) is 0. The van der Waals surface area contributed by atoms with Crippen molar-refractivity contribution in [3.8, 4) is 17.2 Å². The van der Waals surface area contributed by atoms with E-state index < -0.39 is 0 Å². The maximum atomic E-state index is 9.76. The summed E-state index contributed by atoms with van der Waals surface area (Å²) < 4.78 is 0. The van der Waals surface area contributed by atoms with Gasteiger partial charge in [0.1, 0.15) is 0 Å².